The molecule has 0 radical (unpaired) electrons. The summed E-state index contributed by atoms with van der Waals surface area (Å²) >= 11 is 7.20. The number of hydrogen-bond acceptors (Lipinski definition) is 6. The van der Waals surface area contributed by atoms with Crippen molar-refractivity contribution in [3.05, 3.63) is 95.0 Å². The van der Waals surface area contributed by atoms with Gasteiger partial charge in [0.2, 0.25) is 16.9 Å². The number of aromatic nitrogens is 2. The van der Waals surface area contributed by atoms with Gasteiger partial charge in [-0.05, 0) is 35.4 Å². The minimum atomic E-state index is -0.786. The molecule has 1 heterocycles. The number of hydrogen-bond donors (Lipinski definition) is 2. The second kappa shape index (κ2) is 11.6. The molecule has 2 N–H and O–H groups in total. The molecule has 0 aliphatic rings. The van der Waals surface area contributed by atoms with Crippen molar-refractivity contribution in [2.75, 3.05) is 12.4 Å². The summed E-state index contributed by atoms with van der Waals surface area (Å²) in [6, 6.07) is 23.2. The van der Waals surface area contributed by atoms with Gasteiger partial charge in [0.1, 0.15) is 16.8 Å². The lowest BCUT2D eigenvalue weighted by Crippen LogP contribution is -2.45. The largest absolute Gasteiger partial charge is 0.497 e. The number of nitrogens with one attached hydrogen (secondary N) is 2. The van der Waals surface area contributed by atoms with Gasteiger partial charge in [0.15, 0.2) is 0 Å². The van der Waals surface area contributed by atoms with E-state index >= 15 is 0 Å². The van der Waals surface area contributed by atoms with Crippen LogP contribution >= 0.6 is 22.9 Å². The molecule has 0 aliphatic carbocycles. The molecule has 0 bridgehead atoms. The van der Waals surface area contributed by atoms with Crippen molar-refractivity contribution in [2.24, 2.45) is 0 Å². The molecule has 1 aromatic heterocycles. The van der Waals surface area contributed by atoms with E-state index in [2.05, 4.69) is 20.8 Å². The van der Waals surface area contributed by atoms with Crippen LogP contribution in [0.25, 0.3) is 10.6 Å². The lowest BCUT2D eigenvalue weighted by atomic mass is 10.0. The maximum absolute atomic E-state index is 13.2. The molecule has 1 unspecified atom stereocenters. The number of carbonyl (C=O) groups is 2. The number of benzene rings is 3. The van der Waals surface area contributed by atoms with Crippen LogP contribution in [0.2, 0.25) is 5.02 Å². The zero-order valence-electron chi connectivity index (χ0n) is 18.9. The molecule has 3 aromatic carbocycles. The standard InChI is InChI=1S/C26H23ClN4O3S/c1-34-21-13-7-18(8-14-21)16-23(32)28-22(15-17-5-3-2-4-6-17)24(33)29-26-31-30-25(35-26)19-9-11-20(27)12-10-19/h2-14,22H,15-16H2,1H3,(H,28,32)(H,29,31,33). The quantitative estimate of drug-likeness (QED) is 0.341. The highest BCUT2D eigenvalue weighted by molar-refractivity contribution is 7.18. The van der Waals surface area contributed by atoms with Gasteiger partial charge in [-0.3, -0.25) is 14.9 Å². The molecule has 2 amide bonds. The first-order valence-corrected chi connectivity index (χ1v) is 12.1. The number of methoxy groups -OCH3 is 1. The summed E-state index contributed by atoms with van der Waals surface area (Å²) in [6.07, 6.45) is 0.478. The molecule has 0 aliphatic heterocycles. The van der Waals surface area contributed by atoms with E-state index in [9.17, 15) is 9.59 Å². The smallest absolute Gasteiger partial charge is 0.249 e. The van der Waals surface area contributed by atoms with Crippen LogP contribution in [-0.4, -0.2) is 35.2 Å². The Balaban J connectivity index is 1.45. The van der Waals surface area contributed by atoms with E-state index in [1.807, 2.05) is 54.6 Å². The average molecular weight is 507 g/mol. The van der Waals surface area contributed by atoms with Crippen molar-refractivity contribution >= 4 is 39.9 Å². The Morgan fingerprint density at radius 1 is 0.943 bits per heavy atom. The van der Waals surface area contributed by atoms with E-state index < -0.39 is 6.04 Å². The third-order valence-corrected chi connectivity index (χ3v) is 6.34. The first-order chi connectivity index (χ1) is 17.0. The molecule has 0 saturated heterocycles. The average Bonchev–Trinajstić information content (AvgIpc) is 3.33. The Kier molecular flexibility index (Phi) is 8.07. The number of rotatable bonds is 9. The molecule has 4 aromatic rings. The highest BCUT2D eigenvalue weighted by Crippen LogP contribution is 2.27. The molecule has 0 saturated carbocycles. The van der Waals surface area contributed by atoms with E-state index in [4.69, 9.17) is 16.3 Å². The molecule has 0 fully saturated rings. The first-order valence-electron chi connectivity index (χ1n) is 10.9. The summed E-state index contributed by atoms with van der Waals surface area (Å²) in [5.41, 5.74) is 2.59. The summed E-state index contributed by atoms with van der Waals surface area (Å²) in [5, 5.41) is 15.5. The van der Waals surface area contributed by atoms with Gasteiger partial charge in [0.25, 0.3) is 0 Å². The van der Waals surface area contributed by atoms with Gasteiger partial charge in [0.05, 0.1) is 13.5 Å². The maximum atomic E-state index is 13.2. The number of ether oxygens (including phenoxy) is 1. The first kappa shape index (κ1) is 24.4. The van der Waals surface area contributed by atoms with E-state index in [0.29, 0.717) is 27.3 Å². The Hall–Kier alpha value is -3.75. The van der Waals surface area contributed by atoms with Crippen LogP contribution in [0.1, 0.15) is 11.1 Å². The fourth-order valence-corrected chi connectivity index (χ4v) is 4.29. The number of nitrogens with zero attached hydrogens (tertiary/aromatic N) is 2. The number of anilines is 1. The highest BCUT2D eigenvalue weighted by Gasteiger charge is 2.23. The molecule has 178 valence electrons. The van der Waals surface area contributed by atoms with Crippen LogP contribution in [0.3, 0.4) is 0 Å². The Labute approximate surface area is 212 Å². The topological polar surface area (TPSA) is 93.2 Å². The van der Waals surface area contributed by atoms with Crippen molar-refractivity contribution in [1.29, 1.82) is 0 Å². The monoisotopic (exact) mass is 506 g/mol. The lowest BCUT2D eigenvalue weighted by Gasteiger charge is -2.18. The molecule has 0 spiro atoms. The molecule has 1 atom stereocenters. The summed E-state index contributed by atoms with van der Waals surface area (Å²) in [6.45, 7) is 0. The maximum Gasteiger partial charge on any atom is 0.249 e. The zero-order valence-corrected chi connectivity index (χ0v) is 20.5. The van der Waals surface area contributed by atoms with Crippen molar-refractivity contribution in [1.82, 2.24) is 15.5 Å². The zero-order chi connectivity index (χ0) is 24.6. The van der Waals surface area contributed by atoms with E-state index in [1.54, 1.807) is 31.4 Å². The lowest BCUT2D eigenvalue weighted by molar-refractivity contribution is -0.126. The van der Waals surface area contributed by atoms with E-state index in [1.165, 1.54) is 11.3 Å². The van der Waals surface area contributed by atoms with Crippen molar-refractivity contribution in [2.45, 2.75) is 18.9 Å². The molecule has 35 heavy (non-hydrogen) atoms. The summed E-state index contributed by atoms with van der Waals surface area (Å²) < 4.78 is 5.16. The second-order valence-electron chi connectivity index (χ2n) is 7.74. The van der Waals surface area contributed by atoms with Gasteiger partial charge in [-0.2, -0.15) is 0 Å². The van der Waals surface area contributed by atoms with Gasteiger partial charge >= 0.3 is 0 Å². The van der Waals surface area contributed by atoms with Crippen LogP contribution in [0.15, 0.2) is 78.9 Å². The minimum Gasteiger partial charge on any atom is -0.497 e. The van der Waals surface area contributed by atoms with E-state index in [0.717, 1.165) is 16.7 Å². The van der Waals surface area contributed by atoms with Crippen molar-refractivity contribution < 1.29 is 14.3 Å². The number of halogens is 1. The highest BCUT2D eigenvalue weighted by atomic mass is 35.5. The van der Waals surface area contributed by atoms with Crippen LogP contribution in [-0.2, 0) is 22.4 Å². The van der Waals surface area contributed by atoms with Crippen LogP contribution in [0, 0.1) is 0 Å². The van der Waals surface area contributed by atoms with E-state index in [-0.39, 0.29) is 18.2 Å². The van der Waals surface area contributed by atoms with Gasteiger partial charge < -0.3 is 10.1 Å². The van der Waals surface area contributed by atoms with Crippen molar-refractivity contribution in [3.63, 3.8) is 0 Å². The van der Waals surface area contributed by atoms with Crippen LogP contribution in [0.5, 0.6) is 5.75 Å². The third kappa shape index (κ3) is 6.88. The molecular formula is C26H23ClN4O3S. The summed E-state index contributed by atoms with van der Waals surface area (Å²) in [5.74, 6) is 0.0895. The van der Waals surface area contributed by atoms with Gasteiger partial charge in [-0.15, -0.1) is 10.2 Å². The number of amides is 2. The van der Waals surface area contributed by atoms with Gasteiger partial charge in [0, 0.05) is 17.0 Å². The van der Waals surface area contributed by atoms with Crippen LogP contribution in [0.4, 0.5) is 5.13 Å². The number of carbonyl (C=O) groups excluding carboxylic acids is 2. The molecular weight excluding hydrogens is 484 g/mol. The summed E-state index contributed by atoms with van der Waals surface area (Å²) in [4.78, 5) is 25.9. The van der Waals surface area contributed by atoms with Gasteiger partial charge in [-0.25, -0.2) is 0 Å². The fraction of sp³-hybridized carbons (Fsp3) is 0.154. The van der Waals surface area contributed by atoms with Gasteiger partial charge in [-0.1, -0.05) is 77.5 Å². The predicted octanol–water partition coefficient (Wildman–Crippen LogP) is 4.78. The fourth-order valence-electron chi connectivity index (χ4n) is 3.41. The van der Waals surface area contributed by atoms with Crippen LogP contribution < -0.4 is 15.4 Å². The third-order valence-electron chi connectivity index (χ3n) is 5.20. The molecule has 4 rings (SSSR count). The second-order valence-corrected chi connectivity index (χ2v) is 9.16. The Morgan fingerprint density at radius 2 is 1.66 bits per heavy atom. The molecule has 9 heteroatoms. The SMILES string of the molecule is COc1ccc(CC(=O)NC(Cc2ccccc2)C(=O)Nc2nnc(-c3ccc(Cl)cc3)s2)cc1. The predicted molar refractivity (Wildman–Crippen MR) is 138 cm³/mol. The molecule has 7 nitrogen and oxygen atoms in total. The Bertz CT molecular complexity index is 1280. The Morgan fingerprint density at radius 3 is 2.34 bits per heavy atom. The normalized spacial score (nSPS) is 11.5. The van der Waals surface area contributed by atoms with Crippen molar-refractivity contribution in [3.8, 4) is 16.3 Å². The summed E-state index contributed by atoms with van der Waals surface area (Å²) in [7, 11) is 1.59. The minimum absolute atomic E-state index is 0.141.